The minimum Gasteiger partial charge on any atom is -0.305 e. The Hall–Kier alpha value is -1.13. The monoisotopic (exact) mass is 321 g/mol. The summed E-state index contributed by atoms with van der Waals surface area (Å²) in [7, 11) is 0. The van der Waals surface area contributed by atoms with Crippen molar-refractivity contribution in [2.75, 3.05) is 6.54 Å². The lowest BCUT2D eigenvalue weighted by Crippen LogP contribution is -2.25. The molecule has 0 bridgehead atoms. The van der Waals surface area contributed by atoms with E-state index in [-0.39, 0.29) is 6.04 Å². The molecule has 0 spiro atoms. The molecule has 1 unspecified atom stereocenters. The molecule has 19 heavy (non-hydrogen) atoms. The molecule has 0 saturated carbocycles. The second kappa shape index (κ2) is 6.35. The number of hydrogen-bond acceptors (Lipinski definition) is 2. The molecule has 0 fully saturated rings. The van der Waals surface area contributed by atoms with Crippen LogP contribution in [-0.2, 0) is 6.54 Å². The van der Waals surface area contributed by atoms with E-state index in [0.29, 0.717) is 0 Å². The number of hydrogen-bond donors (Lipinski definition) is 1. The first-order valence-electron chi connectivity index (χ1n) is 6.69. The fourth-order valence-corrected chi connectivity index (χ4v) is 2.75. The van der Waals surface area contributed by atoms with Gasteiger partial charge in [-0.2, -0.15) is 5.10 Å². The van der Waals surface area contributed by atoms with Gasteiger partial charge in [-0.25, -0.2) is 0 Å². The van der Waals surface area contributed by atoms with Gasteiger partial charge in [0, 0.05) is 17.2 Å². The molecule has 2 rings (SSSR count). The number of nitrogens with zero attached hydrogens (tertiary/aromatic N) is 2. The predicted molar refractivity (Wildman–Crippen MR) is 82.3 cm³/mol. The van der Waals surface area contributed by atoms with E-state index in [1.54, 1.807) is 0 Å². The highest BCUT2D eigenvalue weighted by Crippen LogP contribution is 2.28. The predicted octanol–water partition coefficient (Wildman–Crippen LogP) is 3.67. The maximum absolute atomic E-state index is 4.38. The van der Waals surface area contributed by atoms with Gasteiger partial charge < -0.3 is 5.32 Å². The standard InChI is InChI=1S/C15H20BrN3/c1-4-17-15(14-9-10-18-19(14)5-2)12-7-6-8-13(16)11(12)3/h6-10,15,17H,4-5H2,1-3H3. The molecule has 1 aromatic carbocycles. The Morgan fingerprint density at radius 3 is 2.79 bits per heavy atom. The van der Waals surface area contributed by atoms with Gasteiger partial charge in [0.05, 0.1) is 11.7 Å². The van der Waals surface area contributed by atoms with Crippen molar-refractivity contribution in [2.24, 2.45) is 0 Å². The fraction of sp³-hybridized carbons (Fsp3) is 0.400. The van der Waals surface area contributed by atoms with Gasteiger partial charge in [-0.05, 0) is 43.7 Å². The Morgan fingerprint density at radius 1 is 1.32 bits per heavy atom. The van der Waals surface area contributed by atoms with Crippen molar-refractivity contribution in [1.82, 2.24) is 15.1 Å². The van der Waals surface area contributed by atoms with Crippen molar-refractivity contribution in [3.63, 3.8) is 0 Å². The molecule has 1 N–H and O–H groups in total. The SMILES string of the molecule is CCNC(c1cccc(Br)c1C)c1ccnn1CC. The van der Waals surface area contributed by atoms with Crippen LogP contribution in [0, 0.1) is 6.92 Å². The number of aryl methyl sites for hydroxylation is 1. The quantitative estimate of drug-likeness (QED) is 0.910. The van der Waals surface area contributed by atoms with Crippen LogP contribution in [0.1, 0.15) is 36.7 Å². The zero-order chi connectivity index (χ0) is 13.8. The summed E-state index contributed by atoms with van der Waals surface area (Å²) in [6, 6.07) is 8.63. The van der Waals surface area contributed by atoms with Crippen LogP contribution in [-0.4, -0.2) is 16.3 Å². The van der Waals surface area contributed by atoms with Gasteiger partial charge in [0.2, 0.25) is 0 Å². The van der Waals surface area contributed by atoms with Crippen molar-refractivity contribution in [1.29, 1.82) is 0 Å². The topological polar surface area (TPSA) is 29.9 Å². The average molecular weight is 322 g/mol. The van der Waals surface area contributed by atoms with Crippen LogP contribution in [0.25, 0.3) is 0 Å². The summed E-state index contributed by atoms with van der Waals surface area (Å²) in [4.78, 5) is 0. The lowest BCUT2D eigenvalue weighted by molar-refractivity contribution is 0.541. The molecule has 1 heterocycles. The van der Waals surface area contributed by atoms with Gasteiger partial charge in [0.1, 0.15) is 0 Å². The average Bonchev–Trinajstić information content (AvgIpc) is 2.88. The molecule has 1 aromatic heterocycles. The molecular formula is C15H20BrN3. The molecule has 2 aromatic rings. The Bertz CT molecular complexity index is 548. The van der Waals surface area contributed by atoms with Gasteiger partial charge in [-0.15, -0.1) is 0 Å². The van der Waals surface area contributed by atoms with Crippen LogP contribution in [0.15, 0.2) is 34.9 Å². The zero-order valence-electron chi connectivity index (χ0n) is 11.7. The Kier molecular flexibility index (Phi) is 4.77. The van der Waals surface area contributed by atoms with E-state index in [4.69, 9.17) is 0 Å². The summed E-state index contributed by atoms with van der Waals surface area (Å²) in [5.41, 5.74) is 3.79. The third-order valence-corrected chi connectivity index (χ3v) is 4.23. The first kappa shape index (κ1) is 14.3. The van der Waals surface area contributed by atoms with Crippen molar-refractivity contribution in [3.8, 4) is 0 Å². The first-order valence-corrected chi connectivity index (χ1v) is 7.48. The highest BCUT2D eigenvalue weighted by Gasteiger charge is 2.19. The maximum atomic E-state index is 4.38. The first-order chi connectivity index (χ1) is 9.19. The van der Waals surface area contributed by atoms with Gasteiger partial charge in [0.25, 0.3) is 0 Å². The molecule has 0 aliphatic carbocycles. The second-order valence-corrected chi connectivity index (χ2v) is 5.37. The summed E-state index contributed by atoms with van der Waals surface area (Å²) in [6.45, 7) is 8.21. The highest BCUT2D eigenvalue weighted by atomic mass is 79.9. The molecule has 0 aliphatic heterocycles. The van der Waals surface area contributed by atoms with Crippen LogP contribution in [0.5, 0.6) is 0 Å². The van der Waals surface area contributed by atoms with E-state index in [2.05, 4.69) is 71.4 Å². The van der Waals surface area contributed by atoms with Crippen molar-refractivity contribution >= 4 is 15.9 Å². The molecule has 1 atom stereocenters. The van der Waals surface area contributed by atoms with Gasteiger partial charge >= 0.3 is 0 Å². The molecule has 4 heteroatoms. The van der Waals surface area contributed by atoms with E-state index in [1.807, 2.05) is 10.9 Å². The number of aromatic nitrogens is 2. The van der Waals surface area contributed by atoms with Gasteiger partial charge in [-0.3, -0.25) is 4.68 Å². The lowest BCUT2D eigenvalue weighted by Gasteiger charge is -2.22. The van der Waals surface area contributed by atoms with Crippen LogP contribution < -0.4 is 5.32 Å². The molecule has 102 valence electrons. The second-order valence-electron chi connectivity index (χ2n) is 4.52. The summed E-state index contributed by atoms with van der Waals surface area (Å²) in [5, 5.41) is 7.94. The van der Waals surface area contributed by atoms with Crippen molar-refractivity contribution < 1.29 is 0 Å². The molecule has 0 aliphatic rings. The summed E-state index contributed by atoms with van der Waals surface area (Å²) < 4.78 is 3.20. The highest BCUT2D eigenvalue weighted by molar-refractivity contribution is 9.10. The molecule has 3 nitrogen and oxygen atoms in total. The number of rotatable bonds is 5. The minimum absolute atomic E-state index is 0.185. The Morgan fingerprint density at radius 2 is 2.11 bits per heavy atom. The van der Waals surface area contributed by atoms with E-state index in [1.165, 1.54) is 16.8 Å². The minimum atomic E-state index is 0.185. The third-order valence-electron chi connectivity index (χ3n) is 3.37. The molecule has 0 amide bonds. The zero-order valence-corrected chi connectivity index (χ0v) is 13.2. The maximum Gasteiger partial charge on any atom is 0.0751 e. The smallest absolute Gasteiger partial charge is 0.0751 e. The number of halogens is 1. The fourth-order valence-electron chi connectivity index (χ4n) is 2.37. The summed E-state index contributed by atoms with van der Waals surface area (Å²) in [6.07, 6.45) is 1.87. The molecule has 0 radical (unpaired) electrons. The Labute approximate surface area is 123 Å². The van der Waals surface area contributed by atoms with E-state index in [0.717, 1.165) is 17.6 Å². The van der Waals surface area contributed by atoms with Crippen molar-refractivity contribution in [2.45, 2.75) is 33.4 Å². The normalized spacial score (nSPS) is 12.6. The van der Waals surface area contributed by atoms with Crippen molar-refractivity contribution in [3.05, 3.63) is 51.8 Å². The van der Waals surface area contributed by atoms with Crippen LogP contribution >= 0.6 is 15.9 Å². The lowest BCUT2D eigenvalue weighted by atomic mass is 9.98. The van der Waals surface area contributed by atoms with Gasteiger partial charge in [0.15, 0.2) is 0 Å². The molecule has 0 saturated heterocycles. The largest absolute Gasteiger partial charge is 0.305 e. The Balaban J connectivity index is 2.48. The third kappa shape index (κ3) is 2.90. The van der Waals surface area contributed by atoms with E-state index < -0.39 is 0 Å². The number of benzene rings is 1. The van der Waals surface area contributed by atoms with Crippen LogP contribution in [0.2, 0.25) is 0 Å². The van der Waals surface area contributed by atoms with Crippen LogP contribution in [0.3, 0.4) is 0 Å². The summed E-state index contributed by atoms with van der Waals surface area (Å²) >= 11 is 3.61. The number of nitrogens with one attached hydrogen (secondary N) is 1. The summed E-state index contributed by atoms with van der Waals surface area (Å²) in [5.74, 6) is 0. The van der Waals surface area contributed by atoms with Gasteiger partial charge in [-0.1, -0.05) is 35.0 Å². The van der Waals surface area contributed by atoms with E-state index in [9.17, 15) is 0 Å². The van der Waals surface area contributed by atoms with Crippen LogP contribution in [0.4, 0.5) is 0 Å². The molecular weight excluding hydrogens is 302 g/mol. The van der Waals surface area contributed by atoms with E-state index >= 15 is 0 Å².